The summed E-state index contributed by atoms with van der Waals surface area (Å²) >= 11 is 10.4. The van der Waals surface area contributed by atoms with Gasteiger partial charge in [0.05, 0.1) is 0 Å². The van der Waals surface area contributed by atoms with Gasteiger partial charge in [-0.25, -0.2) is 0 Å². The number of hydrogen-bond donors (Lipinski definition) is 0. The second-order valence-electron chi connectivity index (χ2n) is 12.2. The number of halogens is 2. The molecule has 0 radical (unpaired) electrons. The lowest BCUT2D eigenvalue weighted by Gasteiger charge is -2.42. The highest BCUT2D eigenvalue weighted by Gasteiger charge is 2.39. The van der Waals surface area contributed by atoms with Crippen molar-refractivity contribution in [2.24, 2.45) is 0 Å². The van der Waals surface area contributed by atoms with Gasteiger partial charge < -0.3 is 0 Å². The van der Waals surface area contributed by atoms with Crippen molar-refractivity contribution >= 4 is 81.0 Å². The van der Waals surface area contributed by atoms with Crippen molar-refractivity contribution in [3.05, 3.63) is 30.5 Å². The fraction of sp³-hybridized carbons (Fsp3) is 0.765. The Bertz CT molecular complexity index is 828. The van der Waals surface area contributed by atoms with Gasteiger partial charge in [-0.05, 0) is 127 Å². The number of hydrogen-bond acceptors (Lipinski definition) is 2. The average Bonchev–Trinajstić information content (AvgIpc) is 3.60. The van der Waals surface area contributed by atoms with Gasteiger partial charge in [-0.1, -0.05) is 108 Å². The van der Waals surface area contributed by atoms with Gasteiger partial charge in [0.25, 0.3) is 0 Å². The molecule has 0 spiro atoms. The molecule has 2 aromatic heterocycles. The van der Waals surface area contributed by atoms with Gasteiger partial charge in [-0.3, -0.25) is 0 Å². The molecular formula is C34H56Br2P2S2. The van der Waals surface area contributed by atoms with E-state index < -0.39 is 0 Å². The third-order valence-corrected chi connectivity index (χ3v) is 21.2. The van der Waals surface area contributed by atoms with Crippen molar-refractivity contribution in [3.63, 3.8) is 0 Å². The van der Waals surface area contributed by atoms with E-state index in [1.54, 1.807) is 62.7 Å². The summed E-state index contributed by atoms with van der Waals surface area (Å²) in [4.78, 5) is 0. The van der Waals surface area contributed by atoms with Gasteiger partial charge in [-0.2, -0.15) is 22.7 Å². The highest BCUT2D eigenvalue weighted by molar-refractivity contribution is 9.13. The van der Waals surface area contributed by atoms with E-state index >= 15 is 0 Å². The standard InChI is InChI=1S/C28H46P2S.C4H2Br2S.2CH4/c1-5-13-23(14-6-1)29(24-15-7-2-8-16-24)27-21-31-22-28(27)30(25-17-9-3-10-18-25)26-19-11-4-12-20-26;5-3-1-7-2-4(3)6;;/h21-26H,1-20H2;1-2H;2*1H4. The molecule has 4 aliphatic carbocycles. The molecule has 6 heteroatoms. The van der Waals surface area contributed by atoms with Crippen LogP contribution in [0.3, 0.4) is 0 Å². The van der Waals surface area contributed by atoms with Crippen molar-refractivity contribution in [2.45, 2.75) is 166 Å². The van der Waals surface area contributed by atoms with Gasteiger partial charge in [-0.15, -0.1) is 0 Å². The van der Waals surface area contributed by atoms with Crippen LogP contribution in [0.2, 0.25) is 0 Å². The number of rotatable bonds is 6. The van der Waals surface area contributed by atoms with E-state index in [-0.39, 0.29) is 30.7 Å². The van der Waals surface area contributed by atoms with Gasteiger partial charge in [0.1, 0.15) is 0 Å². The van der Waals surface area contributed by atoms with E-state index in [4.69, 9.17) is 0 Å². The van der Waals surface area contributed by atoms with Crippen molar-refractivity contribution < 1.29 is 0 Å². The maximum Gasteiger partial charge on any atom is 0.0424 e. The fourth-order valence-corrected chi connectivity index (χ4v) is 19.4. The Kier molecular flexibility index (Phi) is 16.9. The zero-order valence-electron chi connectivity index (χ0n) is 23.2. The summed E-state index contributed by atoms with van der Waals surface area (Å²) in [5.41, 5.74) is 4.26. The summed E-state index contributed by atoms with van der Waals surface area (Å²) in [6, 6.07) is 0. The summed E-state index contributed by atoms with van der Waals surface area (Å²) in [6.07, 6.45) is 30.7. The minimum absolute atomic E-state index is 0. The van der Waals surface area contributed by atoms with Gasteiger partial charge in [0.15, 0.2) is 0 Å². The molecule has 0 atom stereocenters. The monoisotopic (exact) mass is 748 g/mol. The molecule has 2 heterocycles. The maximum atomic E-state index is 3.33. The molecule has 228 valence electrons. The van der Waals surface area contributed by atoms with Crippen LogP contribution in [0.25, 0.3) is 0 Å². The van der Waals surface area contributed by atoms with Crippen molar-refractivity contribution in [1.82, 2.24) is 0 Å². The Morgan fingerprint density at radius 1 is 0.425 bits per heavy atom. The van der Waals surface area contributed by atoms with Crippen LogP contribution in [0.4, 0.5) is 0 Å². The maximum absolute atomic E-state index is 3.33. The molecule has 0 unspecified atom stereocenters. The van der Waals surface area contributed by atoms with Crippen LogP contribution in [0, 0.1) is 0 Å². The molecule has 0 amide bonds. The Labute approximate surface area is 275 Å². The molecule has 0 N–H and O–H groups in total. The first-order valence-electron chi connectivity index (χ1n) is 15.7. The Hall–Kier alpha value is 1.22. The zero-order chi connectivity index (χ0) is 26.2. The van der Waals surface area contributed by atoms with E-state index in [9.17, 15) is 0 Å². The summed E-state index contributed by atoms with van der Waals surface area (Å²) in [6.45, 7) is 0. The Morgan fingerprint density at radius 3 is 0.900 bits per heavy atom. The molecule has 2 aromatic rings. The minimum Gasteiger partial charge on any atom is -0.151 e. The van der Waals surface area contributed by atoms with E-state index in [1.807, 2.05) is 21.4 Å². The Balaban J connectivity index is 0.000000431. The third-order valence-electron chi connectivity index (χ3n) is 9.62. The van der Waals surface area contributed by atoms with E-state index in [2.05, 4.69) is 54.0 Å². The van der Waals surface area contributed by atoms with Gasteiger partial charge >= 0.3 is 0 Å². The smallest absolute Gasteiger partial charge is 0.0424 e. The van der Waals surface area contributed by atoms with Crippen LogP contribution in [0.15, 0.2) is 30.5 Å². The van der Waals surface area contributed by atoms with Crippen LogP contribution in [0.1, 0.15) is 143 Å². The van der Waals surface area contributed by atoms with Crippen LogP contribution >= 0.6 is 70.4 Å². The quantitative estimate of drug-likeness (QED) is 0.258. The first kappa shape index (κ1) is 35.7. The third kappa shape index (κ3) is 9.61. The summed E-state index contributed by atoms with van der Waals surface area (Å²) in [5, 5.41) is 13.5. The first-order valence-corrected chi connectivity index (χ1v) is 22.2. The lowest BCUT2D eigenvalue weighted by molar-refractivity contribution is 0.486. The van der Waals surface area contributed by atoms with Crippen LogP contribution < -0.4 is 10.6 Å². The van der Waals surface area contributed by atoms with E-state index in [0.29, 0.717) is 0 Å². The van der Waals surface area contributed by atoms with Crippen molar-refractivity contribution in [1.29, 1.82) is 0 Å². The van der Waals surface area contributed by atoms with Gasteiger partial charge in [0.2, 0.25) is 0 Å². The normalized spacial score (nSPS) is 21.9. The highest BCUT2D eigenvalue weighted by Crippen LogP contribution is 2.60. The van der Waals surface area contributed by atoms with Gasteiger partial charge in [0, 0.05) is 19.7 Å². The molecule has 40 heavy (non-hydrogen) atoms. The summed E-state index contributed by atoms with van der Waals surface area (Å²) < 4.78 is 2.27. The molecule has 6 rings (SSSR count). The molecule has 0 nitrogen and oxygen atoms in total. The van der Waals surface area contributed by atoms with Crippen LogP contribution in [0.5, 0.6) is 0 Å². The van der Waals surface area contributed by atoms with E-state index in [1.165, 1.54) is 77.0 Å². The van der Waals surface area contributed by atoms with Crippen LogP contribution in [-0.4, -0.2) is 22.6 Å². The predicted molar refractivity (Wildman–Crippen MR) is 198 cm³/mol. The highest BCUT2D eigenvalue weighted by atomic mass is 79.9. The molecule has 0 bridgehead atoms. The zero-order valence-corrected chi connectivity index (χ0v) is 29.8. The molecule has 4 fully saturated rings. The lowest BCUT2D eigenvalue weighted by Crippen LogP contribution is -2.35. The molecule has 4 aliphatic rings. The molecular weight excluding hydrogens is 694 g/mol. The largest absolute Gasteiger partial charge is 0.151 e. The topological polar surface area (TPSA) is 0 Å². The lowest BCUT2D eigenvalue weighted by atomic mass is 9.99. The van der Waals surface area contributed by atoms with Crippen LogP contribution in [-0.2, 0) is 0 Å². The molecule has 0 saturated heterocycles. The molecule has 0 aliphatic heterocycles. The summed E-state index contributed by atoms with van der Waals surface area (Å²) in [7, 11) is 0.152. The van der Waals surface area contributed by atoms with Crippen molar-refractivity contribution in [2.75, 3.05) is 0 Å². The summed E-state index contributed by atoms with van der Waals surface area (Å²) in [5.74, 6) is 0. The first-order chi connectivity index (χ1) is 18.7. The molecule has 4 saturated carbocycles. The minimum atomic E-state index is 0. The Morgan fingerprint density at radius 2 is 0.675 bits per heavy atom. The number of thiophene rings is 2. The second kappa shape index (κ2) is 18.9. The molecule has 0 aromatic carbocycles. The fourth-order valence-electron chi connectivity index (χ4n) is 7.76. The van der Waals surface area contributed by atoms with Crippen molar-refractivity contribution in [3.8, 4) is 0 Å². The SMILES string of the molecule is Brc1cscc1Br.C.C.c1scc(P(C2CCCCC2)C2CCCCC2)c1P(C1CCCCC1)C1CCCCC1. The second-order valence-corrected chi connectivity index (χ2v) is 20.9. The average molecular weight is 751 g/mol. The van der Waals surface area contributed by atoms with E-state index in [0.717, 1.165) is 31.6 Å². The predicted octanol–water partition coefficient (Wildman–Crippen LogP) is 13.8.